The van der Waals surface area contributed by atoms with Crippen LogP contribution in [0.5, 0.6) is 0 Å². The first-order valence-corrected chi connectivity index (χ1v) is 13.8. The van der Waals surface area contributed by atoms with E-state index in [1.807, 2.05) is 0 Å². The number of hydrogen-bond donors (Lipinski definition) is 1. The summed E-state index contributed by atoms with van der Waals surface area (Å²) in [7, 11) is 0. The van der Waals surface area contributed by atoms with Gasteiger partial charge in [-0.3, -0.25) is 4.79 Å². The molecule has 32 heavy (non-hydrogen) atoms. The molecule has 0 spiro atoms. The van der Waals surface area contributed by atoms with Crippen molar-refractivity contribution in [2.45, 2.75) is 125 Å². The van der Waals surface area contributed by atoms with Gasteiger partial charge in [0.15, 0.2) is 0 Å². The van der Waals surface area contributed by atoms with Gasteiger partial charge in [0, 0.05) is 12.3 Å². The van der Waals surface area contributed by atoms with Gasteiger partial charge < -0.3 is 5.11 Å². The Morgan fingerprint density at radius 1 is 1.12 bits per heavy atom. The summed E-state index contributed by atoms with van der Waals surface area (Å²) in [4.78, 5) is 13.2. The van der Waals surface area contributed by atoms with Crippen LogP contribution in [0.15, 0.2) is 11.6 Å². The molecule has 182 valence electrons. The zero-order chi connectivity index (χ0) is 23.5. The molecule has 2 nitrogen and oxygen atoms in total. The van der Waals surface area contributed by atoms with Gasteiger partial charge in [-0.1, -0.05) is 60.1 Å². The Bertz CT molecular complexity index is 759. The van der Waals surface area contributed by atoms with Gasteiger partial charge >= 0.3 is 0 Å². The van der Waals surface area contributed by atoms with Crippen molar-refractivity contribution < 1.29 is 9.90 Å². The molecule has 0 amide bonds. The number of ketones is 1. The molecule has 0 aromatic rings. The van der Waals surface area contributed by atoms with Gasteiger partial charge in [0.05, 0.1) is 5.60 Å². The lowest BCUT2D eigenvalue weighted by atomic mass is 9.46. The molecule has 0 heterocycles. The topological polar surface area (TPSA) is 37.3 Å². The van der Waals surface area contributed by atoms with Crippen LogP contribution >= 0.6 is 0 Å². The average Bonchev–Trinajstić information content (AvgIpc) is 3.08. The third-order valence-corrected chi connectivity index (χ3v) is 11.2. The minimum Gasteiger partial charge on any atom is -0.390 e. The highest BCUT2D eigenvalue weighted by Crippen LogP contribution is 2.67. The summed E-state index contributed by atoms with van der Waals surface area (Å²) in [5.41, 5.74) is 1.96. The fraction of sp³-hybridized carbons (Fsp3) is 0.900. The number of carbonyl (C=O) groups is 1. The Hall–Kier alpha value is -0.630. The van der Waals surface area contributed by atoms with Crippen LogP contribution in [-0.2, 0) is 4.79 Å². The van der Waals surface area contributed by atoms with E-state index in [0.717, 1.165) is 56.3 Å². The number of hydrogen-bond acceptors (Lipinski definition) is 2. The van der Waals surface area contributed by atoms with Gasteiger partial charge in [-0.25, -0.2) is 0 Å². The van der Waals surface area contributed by atoms with E-state index in [9.17, 15) is 9.90 Å². The lowest BCUT2D eigenvalue weighted by Crippen LogP contribution is -2.52. The zero-order valence-electron chi connectivity index (χ0n) is 22.1. The van der Waals surface area contributed by atoms with Crippen LogP contribution in [0.3, 0.4) is 0 Å². The number of aliphatic hydroxyl groups is 1. The maximum absolute atomic E-state index is 13.2. The van der Waals surface area contributed by atoms with E-state index in [1.165, 1.54) is 32.1 Å². The molecule has 0 radical (unpaired) electrons. The van der Waals surface area contributed by atoms with E-state index in [0.29, 0.717) is 17.1 Å². The summed E-state index contributed by atoms with van der Waals surface area (Å²) in [6, 6.07) is 0. The minimum absolute atomic E-state index is 0.212. The molecule has 3 fully saturated rings. The molecular weight excluding hydrogens is 392 g/mol. The maximum Gasteiger partial charge on any atom is 0.136 e. The van der Waals surface area contributed by atoms with Gasteiger partial charge in [-0.2, -0.15) is 0 Å². The predicted octanol–water partition coefficient (Wildman–Crippen LogP) is 7.74. The average molecular weight is 443 g/mol. The monoisotopic (exact) mass is 442 g/mol. The van der Waals surface area contributed by atoms with Crippen LogP contribution in [-0.4, -0.2) is 16.5 Å². The van der Waals surface area contributed by atoms with Crippen molar-refractivity contribution in [2.75, 3.05) is 0 Å². The summed E-state index contributed by atoms with van der Waals surface area (Å²) in [5, 5.41) is 11.0. The molecule has 1 unspecified atom stereocenters. The third-order valence-electron chi connectivity index (χ3n) is 11.2. The second-order valence-electron chi connectivity index (χ2n) is 14.1. The smallest absolute Gasteiger partial charge is 0.136 e. The Morgan fingerprint density at radius 2 is 1.84 bits per heavy atom. The Labute approximate surface area is 198 Å². The second kappa shape index (κ2) is 8.24. The second-order valence-corrected chi connectivity index (χ2v) is 14.1. The molecule has 1 N–H and O–H groups in total. The zero-order valence-corrected chi connectivity index (χ0v) is 22.1. The lowest BCUT2D eigenvalue weighted by molar-refractivity contribution is -0.128. The number of Topliss-reactive ketones (excluding diaryl/α,β-unsaturated/α-hetero) is 1. The van der Waals surface area contributed by atoms with Crippen molar-refractivity contribution in [2.24, 2.45) is 45.8 Å². The molecule has 0 aliphatic heterocycles. The van der Waals surface area contributed by atoms with E-state index in [-0.39, 0.29) is 16.7 Å². The summed E-state index contributed by atoms with van der Waals surface area (Å²) < 4.78 is 0. The first-order chi connectivity index (χ1) is 14.8. The third kappa shape index (κ3) is 4.05. The van der Waals surface area contributed by atoms with E-state index < -0.39 is 5.60 Å². The van der Waals surface area contributed by atoms with E-state index in [2.05, 4.69) is 54.5 Å². The molecule has 0 aromatic carbocycles. The van der Waals surface area contributed by atoms with Gasteiger partial charge in [0.2, 0.25) is 0 Å². The fourth-order valence-corrected chi connectivity index (χ4v) is 8.83. The summed E-state index contributed by atoms with van der Waals surface area (Å²) in [5.74, 6) is 3.60. The van der Waals surface area contributed by atoms with Crippen LogP contribution in [0, 0.1) is 45.8 Å². The highest BCUT2D eigenvalue weighted by atomic mass is 16.3. The molecule has 0 aromatic heterocycles. The number of fused-ring (bicyclic) bond motifs is 5. The van der Waals surface area contributed by atoms with Crippen LogP contribution in [0.1, 0.15) is 119 Å². The van der Waals surface area contributed by atoms with Gasteiger partial charge in [0.25, 0.3) is 0 Å². The van der Waals surface area contributed by atoms with Gasteiger partial charge in [-0.15, -0.1) is 0 Å². The van der Waals surface area contributed by atoms with Crippen LogP contribution in [0.25, 0.3) is 0 Å². The minimum atomic E-state index is -0.470. The first kappa shape index (κ1) is 24.5. The standard InChI is InChI=1S/C30H50O2/c1-8-30(32)18-17-28(6)21(19-30)9-10-22-24-12-11-23(29(24,7)16-13-25(22)28)20(2)26(31)14-15-27(3,4)5/h9,20,22-25,32H,8,10-19H2,1-7H3/t20-,22-,23+,24-,25?,28-,29+,30-/m0/s1. The van der Waals surface area contributed by atoms with Crippen molar-refractivity contribution in [3.63, 3.8) is 0 Å². The van der Waals surface area contributed by atoms with Crippen molar-refractivity contribution in [3.05, 3.63) is 11.6 Å². The Balaban J connectivity index is 1.51. The quantitative estimate of drug-likeness (QED) is 0.442. The number of allylic oxidation sites excluding steroid dienone is 1. The first-order valence-electron chi connectivity index (χ1n) is 13.8. The van der Waals surface area contributed by atoms with E-state index >= 15 is 0 Å². The van der Waals surface area contributed by atoms with Crippen molar-refractivity contribution in [1.82, 2.24) is 0 Å². The van der Waals surface area contributed by atoms with Crippen molar-refractivity contribution in [1.29, 1.82) is 0 Å². The molecule has 2 heteroatoms. The van der Waals surface area contributed by atoms with E-state index in [1.54, 1.807) is 5.57 Å². The van der Waals surface area contributed by atoms with Crippen LogP contribution in [0.4, 0.5) is 0 Å². The number of rotatable bonds is 5. The van der Waals surface area contributed by atoms with Gasteiger partial charge in [0.1, 0.15) is 5.78 Å². The molecule has 4 rings (SSSR count). The van der Waals surface area contributed by atoms with Crippen LogP contribution in [0.2, 0.25) is 0 Å². The largest absolute Gasteiger partial charge is 0.390 e. The molecule has 8 atom stereocenters. The normalized spacial score (nSPS) is 44.8. The summed E-state index contributed by atoms with van der Waals surface area (Å²) in [6.07, 6.45) is 14.6. The predicted molar refractivity (Wildman–Crippen MR) is 133 cm³/mol. The molecule has 4 aliphatic rings. The Morgan fingerprint density at radius 3 is 2.50 bits per heavy atom. The van der Waals surface area contributed by atoms with E-state index in [4.69, 9.17) is 0 Å². The Kier molecular flexibility index (Phi) is 6.31. The molecular formula is C30H50O2. The summed E-state index contributed by atoms with van der Waals surface area (Å²) >= 11 is 0. The van der Waals surface area contributed by atoms with Crippen LogP contribution < -0.4 is 0 Å². The lowest BCUT2D eigenvalue weighted by Gasteiger charge is -2.59. The highest BCUT2D eigenvalue weighted by Gasteiger charge is 2.60. The number of carbonyl (C=O) groups excluding carboxylic acids is 1. The highest BCUT2D eigenvalue weighted by molar-refractivity contribution is 5.81. The molecule has 0 saturated heterocycles. The SMILES string of the molecule is CC[C@]1(O)CC[C@@]2(C)C(=CC[C@@H]3C2CC[C@]2(C)[C@@H]([C@H](C)C(=O)CCC(C)(C)C)CC[C@@H]32)C1. The molecule has 3 saturated carbocycles. The summed E-state index contributed by atoms with van der Waals surface area (Å²) in [6.45, 7) is 16.2. The maximum atomic E-state index is 13.2. The molecule has 4 aliphatic carbocycles. The fourth-order valence-electron chi connectivity index (χ4n) is 8.83. The van der Waals surface area contributed by atoms with Crippen molar-refractivity contribution in [3.8, 4) is 0 Å². The molecule has 0 bridgehead atoms. The van der Waals surface area contributed by atoms with Gasteiger partial charge in [-0.05, 0) is 104 Å². The van der Waals surface area contributed by atoms with Crippen molar-refractivity contribution >= 4 is 5.78 Å².